The van der Waals surface area contributed by atoms with Crippen LogP contribution in [0.25, 0.3) is 21.0 Å². The van der Waals surface area contributed by atoms with Gasteiger partial charge in [0.25, 0.3) is 5.91 Å². The van der Waals surface area contributed by atoms with Crippen molar-refractivity contribution >= 4 is 38.2 Å². The first-order valence-corrected chi connectivity index (χ1v) is 10.8. The minimum atomic E-state index is -0.0339. The highest BCUT2D eigenvalue weighted by Gasteiger charge is 2.17. The molecule has 0 saturated heterocycles. The van der Waals surface area contributed by atoms with Gasteiger partial charge in [-0.1, -0.05) is 0 Å². The monoisotopic (exact) mass is 435 g/mol. The van der Waals surface area contributed by atoms with Crippen molar-refractivity contribution in [1.82, 2.24) is 15.2 Å². The van der Waals surface area contributed by atoms with Crippen LogP contribution in [0.2, 0.25) is 0 Å². The van der Waals surface area contributed by atoms with Crippen molar-refractivity contribution in [2.75, 3.05) is 34.3 Å². The van der Waals surface area contributed by atoms with E-state index in [0.29, 0.717) is 6.54 Å². The van der Waals surface area contributed by atoms with Gasteiger partial charge >= 0.3 is 0 Å². The van der Waals surface area contributed by atoms with E-state index in [9.17, 15) is 4.79 Å². The second-order valence-electron chi connectivity index (χ2n) is 7.54. The standard InChI is InChI=1S/C24H25N3O3S/c1-15-23(24(28)26-11-12-27(2)3)19-8-6-17(14-22(19)31-15)30-21-9-10-25-20-13-16(29-4)5-7-18(20)21/h5-10,13-14H,11-12H2,1-4H3,(H,26,28). The molecule has 0 aliphatic rings. The van der Waals surface area contributed by atoms with Gasteiger partial charge in [0.15, 0.2) is 0 Å². The SMILES string of the molecule is COc1ccc2c(Oc3ccc4c(C(=O)NCCN(C)C)c(C)sc4c3)ccnc2c1. The lowest BCUT2D eigenvalue weighted by molar-refractivity contribution is 0.0952. The Morgan fingerprint density at radius 1 is 1.10 bits per heavy atom. The van der Waals surface area contributed by atoms with E-state index in [1.54, 1.807) is 24.6 Å². The van der Waals surface area contributed by atoms with Crippen molar-refractivity contribution in [3.63, 3.8) is 0 Å². The Labute approximate surface area is 185 Å². The minimum absolute atomic E-state index is 0.0339. The van der Waals surface area contributed by atoms with E-state index in [4.69, 9.17) is 9.47 Å². The zero-order valence-corrected chi connectivity index (χ0v) is 18.9. The second-order valence-corrected chi connectivity index (χ2v) is 8.80. The van der Waals surface area contributed by atoms with Gasteiger partial charge in [-0.25, -0.2) is 0 Å². The molecule has 2 heterocycles. The number of nitrogens with one attached hydrogen (secondary N) is 1. The maximum absolute atomic E-state index is 12.7. The minimum Gasteiger partial charge on any atom is -0.497 e. The number of benzene rings is 2. The maximum atomic E-state index is 12.7. The number of thiophene rings is 1. The summed E-state index contributed by atoms with van der Waals surface area (Å²) in [7, 11) is 5.61. The average molecular weight is 436 g/mol. The highest BCUT2D eigenvalue weighted by Crippen LogP contribution is 2.36. The van der Waals surface area contributed by atoms with Crippen LogP contribution in [0.3, 0.4) is 0 Å². The fourth-order valence-corrected chi connectivity index (χ4v) is 4.56. The number of methoxy groups -OCH3 is 1. The number of hydrogen-bond acceptors (Lipinski definition) is 6. The predicted octanol–water partition coefficient (Wildman–Crippen LogP) is 4.85. The normalized spacial score (nSPS) is 11.3. The zero-order chi connectivity index (χ0) is 22.0. The Kier molecular flexibility index (Phi) is 6.06. The molecule has 0 bridgehead atoms. The summed E-state index contributed by atoms with van der Waals surface area (Å²) in [6, 6.07) is 13.4. The van der Waals surface area contributed by atoms with Gasteiger partial charge in [0.1, 0.15) is 17.2 Å². The third-order valence-electron chi connectivity index (χ3n) is 5.05. The summed E-state index contributed by atoms with van der Waals surface area (Å²) in [5.74, 6) is 2.16. The average Bonchev–Trinajstić information content (AvgIpc) is 3.08. The Bertz CT molecular complexity index is 1250. The van der Waals surface area contributed by atoms with E-state index >= 15 is 0 Å². The van der Waals surface area contributed by atoms with Crippen molar-refractivity contribution in [3.8, 4) is 17.2 Å². The summed E-state index contributed by atoms with van der Waals surface area (Å²) >= 11 is 1.60. The van der Waals surface area contributed by atoms with Gasteiger partial charge in [0.2, 0.25) is 0 Å². The Morgan fingerprint density at radius 3 is 2.65 bits per heavy atom. The number of ether oxygens (including phenoxy) is 2. The molecule has 2 aromatic carbocycles. The first-order valence-electron chi connectivity index (χ1n) is 10.0. The molecule has 0 spiro atoms. The molecule has 1 N–H and O–H groups in total. The Hall–Kier alpha value is -3.16. The number of pyridine rings is 1. The molecular weight excluding hydrogens is 410 g/mol. The lowest BCUT2D eigenvalue weighted by Crippen LogP contribution is -2.31. The lowest BCUT2D eigenvalue weighted by Gasteiger charge is -2.11. The Morgan fingerprint density at radius 2 is 1.87 bits per heavy atom. The predicted molar refractivity (Wildman–Crippen MR) is 126 cm³/mol. The van der Waals surface area contributed by atoms with Gasteiger partial charge in [-0.15, -0.1) is 11.3 Å². The number of rotatable bonds is 7. The molecule has 0 saturated carbocycles. The van der Waals surface area contributed by atoms with Crippen LogP contribution in [0.15, 0.2) is 48.7 Å². The van der Waals surface area contributed by atoms with E-state index in [2.05, 4.69) is 10.3 Å². The van der Waals surface area contributed by atoms with Gasteiger partial charge in [-0.05, 0) is 57.4 Å². The molecule has 160 valence electrons. The molecule has 7 heteroatoms. The van der Waals surface area contributed by atoms with Crippen molar-refractivity contribution in [1.29, 1.82) is 0 Å². The lowest BCUT2D eigenvalue weighted by atomic mass is 10.1. The van der Waals surface area contributed by atoms with E-state index < -0.39 is 0 Å². The first-order chi connectivity index (χ1) is 15.0. The second kappa shape index (κ2) is 8.91. The quantitative estimate of drug-likeness (QED) is 0.450. The van der Waals surface area contributed by atoms with Crippen LogP contribution in [-0.2, 0) is 0 Å². The maximum Gasteiger partial charge on any atom is 0.253 e. The molecule has 0 aliphatic carbocycles. The van der Waals surface area contributed by atoms with Crippen molar-refractivity contribution < 1.29 is 14.3 Å². The molecule has 0 atom stereocenters. The van der Waals surface area contributed by atoms with Crippen LogP contribution in [0.4, 0.5) is 0 Å². The van der Waals surface area contributed by atoms with Crippen molar-refractivity contribution in [2.24, 2.45) is 0 Å². The Balaban J connectivity index is 1.61. The smallest absolute Gasteiger partial charge is 0.253 e. The molecule has 2 aromatic heterocycles. The first kappa shape index (κ1) is 21.1. The van der Waals surface area contributed by atoms with Gasteiger partial charge in [0, 0.05) is 45.7 Å². The number of likely N-dealkylation sites (N-methyl/N-ethyl adjacent to an activating group) is 1. The number of fused-ring (bicyclic) bond motifs is 2. The van der Waals surface area contributed by atoms with E-state index in [-0.39, 0.29) is 5.91 Å². The molecule has 0 radical (unpaired) electrons. The van der Waals surface area contributed by atoms with Crippen LogP contribution >= 0.6 is 11.3 Å². The third kappa shape index (κ3) is 4.47. The van der Waals surface area contributed by atoms with Crippen molar-refractivity contribution in [3.05, 3.63) is 59.1 Å². The molecule has 1 amide bonds. The van der Waals surface area contributed by atoms with E-state index in [1.165, 1.54) is 0 Å². The summed E-state index contributed by atoms with van der Waals surface area (Å²) in [6.45, 7) is 3.40. The third-order valence-corrected chi connectivity index (χ3v) is 6.11. The molecule has 6 nitrogen and oxygen atoms in total. The molecule has 4 rings (SSSR count). The number of aryl methyl sites for hydroxylation is 1. The molecule has 4 aromatic rings. The van der Waals surface area contributed by atoms with Gasteiger partial charge in [-0.3, -0.25) is 9.78 Å². The number of nitrogens with zero attached hydrogens (tertiary/aromatic N) is 2. The number of aromatic nitrogens is 1. The molecule has 0 unspecified atom stereocenters. The van der Waals surface area contributed by atoms with E-state index in [1.807, 2.05) is 68.4 Å². The fourth-order valence-electron chi connectivity index (χ4n) is 3.47. The van der Waals surface area contributed by atoms with Crippen LogP contribution in [0, 0.1) is 6.92 Å². The van der Waals surface area contributed by atoms with Gasteiger partial charge in [-0.2, -0.15) is 0 Å². The highest BCUT2D eigenvalue weighted by atomic mass is 32.1. The number of carbonyl (C=O) groups excluding carboxylic acids is 1. The molecular formula is C24H25N3O3S. The number of hydrogen-bond donors (Lipinski definition) is 1. The van der Waals surface area contributed by atoms with E-state index in [0.717, 1.165) is 55.2 Å². The summed E-state index contributed by atoms with van der Waals surface area (Å²) in [5.41, 5.74) is 1.55. The highest BCUT2D eigenvalue weighted by molar-refractivity contribution is 7.19. The van der Waals surface area contributed by atoms with Gasteiger partial charge in [0.05, 0.1) is 18.2 Å². The topological polar surface area (TPSA) is 63.7 Å². The van der Waals surface area contributed by atoms with Crippen LogP contribution in [-0.4, -0.2) is 50.1 Å². The molecule has 0 fully saturated rings. The molecule has 31 heavy (non-hydrogen) atoms. The summed E-state index contributed by atoms with van der Waals surface area (Å²) in [4.78, 5) is 20.2. The summed E-state index contributed by atoms with van der Waals surface area (Å²) < 4.78 is 12.5. The number of amides is 1. The largest absolute Gasteiger partial charge is 0.497 e. The van der Waals surface area contributed by atoms with Crippen LogP contribution < -0.4 is 14.8 Å². The van der Waals surface area contributed by atoms with Crippen molar-refractivity contribution in [2.45, 2.75) is 6.92 Å². The zero-order valence-electron chi connectivity index (χ0n) is 18.1. The van der Waals surface area contributed by atoms with Crippen LogP contribution in [0.1, 0.15) is 15.2 Å². The van der Waals surface area contributed by atoms with Crippen LogP contribution in [0.5, 0.6) is 17.2 Å². The fraction of sp³-hybridized carbons (Fsp3) is 0.250. The summed E-state index contributed by atoms with van der Waals surface area (Å²) in [6.07, 6.45) is 1.72. The summed E-state index contributed by atoms with van der Waals surface area (Å²) in [5, 5.41) is 4.87. The number of carbonyl (C=O) groups is 1. The van der Waals surface area contributed by atoms with Gasteiger partial charge < -0.3 is 19.7 Å². The molecule has 0 aliphatic heterocycles.